The average molecular weight is 357 g/mol. The van der Waals surface area contributed by atoms with Gasteiger partial charge in [0.05, 0.1) is 19.1 Å². The summed E-state index contributed by atoms with van der Waals surface area (Å²) in [6.45, 7) is 3.72. The van der Waals surface area contributed by atoms with Crippen LogP contribution in [0.5, 0.6) is 5.75 Å². The predicted molar refractivity (Wildman–Crippen MR) is 97.7 cm³/mol. The van der Waals surface area contributed by atoms with Crippen molar-refractivity contribution in [1.29, 1.82) is 0 Å². The third-order valence-corrected chi connectivity index (χ3v) is 6.34. The largest absolute Gasteiger partial charge is 0.497 e. The van der Waals surface area contributed by atoms with E-state index in [4.69, 9.17) is 4.74 Å². The summed E-state index contributed by atoms with van der Waals surface area (Å²) in [5, 5.41) is 3.42. The van der Waals surface area contributed by atoms with E-state index < -0.39 is 0 Å². The second-order valence-corrected chi connectivity index (χ2v) is 7.79. The number of amides is 2. The number of hydrogen-bond donors (Lipinski definition) is 1. The number of fused-ring (bicyclic) bond motifs is 1. The highest BCUT2D eigenvalue weighted by atomic mass is 16.5. The summed E-state index contributed by atoms with van der Waals surface area (Å²) in [5.74, 6) is 2.10. The summed E-state index contributed by atoms with van der Waals surface area (Å²) in [4.78, 5) is 29.5. The Morgan fingerprint density at radius 3 is 2.42 bits per heavy atom. The molecule has 6 heteroatoms. The van der Waals surface area contributed by atoms with Gasteiger partial charge >= 0.3 is 0 Å². The van der Waals surface area contributed by atoms with Crippen LogP contribution < -0.4 is 10.1 Å². The number of carbonyl (C=O) groups excluding carboxylic acids is 2. The zero-order valence-electron chi connectivity index (χ0n) is 15.5. The summed E-state index contributed by atoms with van der Waals surface area (Å²) >= 11 is 0. The first kappa shape index (κ1) is 17.3. The van der Waals surface area contributed by atoms with Crippen LogP contribution in [0.3, 0.4) is 0 Å². The summed E-state index contributed by atoms with van der Waals surface area (Å²) in [5.41, 5.74) is 1.00. The zero-order valence-corrected chi connectivity index (χ0v) is 15.5. The number of hydrogen-bond acceptors (Lipinski definition) is 4. The summed E-state index contributed by atoms with van der Waals surface area (Å²) in [6.07, 6.45) is 1.07. The normalized spacial score (nSPS) is 31.2. The van der Waals surface area contributed by atoms with Crippen molar-refractivity contribution >= 4 is 11.8 Å². The maximum absolute atomic E-state index is 13.3. The van der Waals surface area contributed by atoms with Crippen LogP contribution in [0, 0.1) is 17.8 Å². The Labute approximate surface area is 154 Å². The number of rotatable bonds is 3. The highest BCUT2D eigenvalue weighted by Gasteiger charge is 2.44. The molecule has 2 unspecified atom stereocenters. The molecule has 0 aliphatic carbocycles. The number of ether oxygens (including phenoxy) is 1. The molecular formula is C20H27N3O3. The predicted octanol–water partition coefficient (Wildman–Crippen LogP) is 1.28. The van der Waals surface area contributed by atoms with Gasteiger partial charge in [0, 0.05) is 39.6 Å². The lowest BCUT2D eigenvalue weighted by atomic mass is 9.83. The smallest absolute Gasteiger partial charge is 0.228 e. The van der Waals surface area contributed by atoms with Crippen molar-refractivity contribution < 1.29 is 14.3 Å². The lowest BCUT2D eigenvalue weighted by molar-refractivity contribution is -0.146. The Balaban J connectivity index is 1.57. The van der Waals surface area contributed by atoms with Gasteiger partial charge in [0.2, 0.25) is 11.8 Å². The average Bonchev–Trinajstić information content (AvgIpc) is 3.25. The van der Waals surface area contributed by atoms with Crippen LogP contribution in [-0.2, 0) is 9.59 Å². The van der Waals surface area contributed by atoms with Crippen LogP contribution in [0.2, 0.25) is 0 Å². The number of likely N-dealkylation sites (tertiary alicyclic amines) is 2. The summed E-state index contributed by atoms with van der Waals surface area (Å²) in [7, 11) is 3.45. The molecule has 0 saturated carbocycles. The van der Waals surface area contributed by atoms with Crippen molar-refractivity contribution in [2.75, 3.05) is 40.3 Å². The molecule has 1 N–H and O–H groups in total. The first-order valence-electron chi connectivity index (χ1n) is 9.47. The Morgan fingerprint density at radius 2 is 1.81 bits per heavy atom. The van der Waals surface area contributed by atoms with Gasteiger partial charge in [-0.25, -0.2) is 0 Å². The second-order valence-electron chi connectivity index (χ2n) is 7.79. The van der Waals surface area contributed by atoms with Gasteiger partial charge in [0.1, 0.15) is 5.75 Å². The van der Waals surface area contributed by atoms with Crippen molar-refractivity contribution in [3.05, 3.63) is 29.8 Å². The molecule has 2 amide bonds. The van der Waals surface area contributed by atoms with Gasteiger partial charge in [0.25, 0.3) is 0 Å². The van der Waals surface area contributed by atoms with E-state index in [9.17, 15) is 9.59 Å². The van der Waals surface area contributed by atoms with Gasteiger partial charge in [-0.15, -0.1) is 0 Å². The first-order chi connectivity index (χ1) is 12.6. The van der Waals surface area contributed by atoms with E-state index in [0.29, 0.717) is 24.7 Å². The molecular weight excluding hydrogens is 330 g/mol. The molecule has 3 saturated heterocycles. The summed E-state index contributed by atoms with van der Waals surface area (Å²) < 4.78 is 5.24. The van der Waals surface area contributed by atoms with Crippen LogP contribution >= 0.6 is 0 Å². The fourth-order valence-corrected chi connectivity index (χ4v) is 4.82. The third kappa shape index (κ3) is 2.96. The van der Waals surface area contributed by atoms with Crippen LogP contribution in [0.15, 0.2) is 24.3 Å². The molecule has 3 heterocycles. The van der Waals surface area contributed by atoms with Gasteiger partial charge in [-0.2, -0.15) is 0 Å². The van der Waals surface area contributed by atoms with Crippen LogP contribution in [0.1, 0.15) is 24.4 Å². The number of benzene rings is 1. The summed E-state index contributed by atoms with van der Waals surface area (Å²) in [6, 6.07) is 7.54. The topological polar surface area (TPSA) is 61.9 Å². The molecule has 140 valence electrons. The maximum Gasteiger partial charge on any atom is 0.228 e. The minimum atomic E-state index is -0.201. The molecule has 4 atom stereocenters. The minimum absolute atomic E-state index is 0.109. The van der Waals surface area contributed by atoms with Crippen molar-refractivity contribution in [1.82, 2.24) is 15.1 Å². The monoisotopic (exact) mass is 357 g/mol. The van der Waals surface area contributed by atoms with E-state index in [1.807, 2.05) is 36.2 Å². The standard InChI is InChI=1S/C20H27N3O3/c1-22-18(24)8-7-17(19(22)13-3-5-16(26-2)6-4-13)20(25)23-11-14-9-21-10-15(14)12-23/h3-6,14-15,17,19,21H,7-12H2,1-2H3/t14-,15+,17?,19?. The molecule has 3 aliphatic rings. The Kier molecular flexibility index (Phi) is 4.61. The van der Waals surface area contributed by atoms with Gasteiger partial charge in [-0.3, -0.25) is 9.59 Å². The molecule has 4 rings (SSSR count). The molecule has 26 heavy (non-hydrogen) atoms. The Bertz CT molecular complexity index is 678. The molecule has 6 nitrogen and oxygen atoms in total. The van der Waals surface area contributed by atoms with Crippen LogP contribution in [0.4, 0.5) is 0 Å². The SMILES string of the molecule is COc1ccc(C2C(C(=O)N3C[C@H]4CNC[C@H]4C3)CCC(=O)N2C)cc1. The highest BCUT2D eigenvalue weighted by Crippen LogP contribution is 2.39. The van der Waals surface area contributed by atoms with Crippen molar-refractivity contribution in [3.63, 3.8) is 0 Å². The Hall–Kier alpha value is -2.08. The number of nitrogens with zero attached hydrogens (tertiary/aromatic N) is 2. The van der Waals surface area contributed by atoms with E-state index >= 15 is 0 Å². The zero-order chi connectivity index (χ0) is 18.3. The lowest BCUT2D eigenvalue weighted by Crippen LogP contribution is -2.47. The van der Waals surface area contributed by atoms with Gasteiger partial charge in [-0.05, 0) is 36.0 Å². The molecule has 0 spiro atoms. The quantitative estimate of drug-likeness (QED) is 0.885. The minimum Gasteiger partial charge on any atom is -0.497 e. The van der Waals surface area contributed by atoms with Crippen molar-refractivity contribution in [2.24, 2.45) is 17.8 Å². The first-order valence-corrected chi connectivity index (χ1v) is 9.47. The van der Waals surface area contributed by atoms with Crippen molar-refractivity contribution in [3.8, 4) is 5.75 Å². The van der Waals surface area contributed by atoms with E-state index in [1.54, 1.807) is 12.0 Å². The molecule has 3 fully saturated rings. The fourth-order valence-electron chi connectivity index (χ4n) is 4.82. The van der Waals surface area contributed by atoms with Crippen LogP contribution in [-0.4, -0.2) is 62.0 Å². The highest BCUT2D eigenvalue weighted by molar-refractivity contribution is 5.85. The fraction of sp³-hybridized carbons (Fsp3) is 0.600. The van der Waals surface area contributed by atoms with Gasteiger partial charge in [0.15, 0.2) is 0 Å². The van der Waals surface area contributed by atoms with E-state index in [1.165, 1.54) is 0 Å². The number of methoxy groups -OCH3 is 1. The second kappa shape index (κ2) is 6.91. The van der Waals surface area contributed by atoms with Crippen molar-refractivity contribution in [2.45, 2.75) is 18.9 Å². The van der Waals surface area contributed by atoms with Gasteiger partial charge in [-0.1, -0.05) is 12.1 Å². The maximum atomic E-state index is 13.3. The molecule has 3 aliphatic heterocycles. The third-order valence-electron chi connectivity index (χ3n) is 6.34. The number of carbonyl (C=O) groups is 2. The molecule has 1 aromatic rings. The lowest BCUT2D eigenvalue weighted by Gasteiger charge is -2.40. The van der Waals surface area contributed by atoms with E-state index in [0.717, 1.165) is 37.5 Å². The Morgan fingerprint density at radius 1 is 1.15 bits per heavy atom. The number of piperidine rings is 1. The molecule has 0 bridgehead atoms. The van der Waals surface area contributed by atoms with E-state index in [-0.39, 0.29) is 23.8 Å². The molecule has 0 aromatic heterocycles. The molecule has 1 aromatic carbocycles. The van der Waals surface area contributed by atoms with Gasteiger partial charge < -0.3 is 19.9 Å². The number of nitrogens with one attached hydrogen (secondary N) is 1. The molecule has 0 radical (unpaired) electrons. The van der Waals surface area contributed by atoms with E-state index in [2.05, 4.69) is 5.32 Å². The van der Waals surface area contributed by atoms with Crippen LogP contribution in [0.25, 0.3) is 0 Å².